The molecule has 0 radical (unpaired) electrons. The summed E-state index contributed by atoms with van der Waals surface area (Å²) in [7, 11) is -3.91. The van der Waals surface area contributed by atoms with E-state index in [1.807, 2.05) is 18.2 Å². The van der Waals surface area contributed by atoms with E-state index in [1.54, 1.807) is 0 Å². The quantitative estimate of drug-likeness (QED) is 0.520. The minimum Gasteiger partial charge on any atom is -0.389 e. The smallest absolute Gasteiger partial charge is 0.243 e. The summed E-state index contributed by atoms with van der Waals surface area (Å²) in [5.74, 6) is -0.0576. The number of amides is 1. The van der Waals surface area contributed by atoms with Gasteiger partial charge < -0.3 is 19.9 Å². The van der Waals surface area contributed by atoms with Crippen molar-refractivity contribution in [3.63, 3.8) is 0 Å². The van der Waals surface area contributed by atoms with Crippen LogP contribution in [0.25, 0.3) is 0 Å². The molecule has 5 rings (SSSR count). The zero-order chi connectivity index (χ0) is 27.4. The van der Waals surface area contributed by atoms with Crippen molar-refractivity contribution < 1.29 is 27.8 Å². The monoisotopic (exact) mass is 577 g/mol. The summed E-state index contributed by atoms with van der Waals surface area (Å²) < 4.78 is 40.4. The lowest BCUT2D eigenvalue weighted by Crippen LogP contribution is -2.57. The maximum Gasteiger partial charge on any atom is 0.243 e. The molecule has 0 unspecified atom stereocenters. The molecule has 0 saturated carbocycles. The third kappa shape index (κ3) is 7.18. The van der Waals surface area contributed by atoms with E-state index in [-0.39, 0.29) is 49.1 Å². The zero-order valence-electron chi connectivity index (χ0n) is 21.8. The van der Waals surface area contributed by atoms with E-state index in [9.17, 15) is 18.3 Å². The molecule has 3 aliphatic heterocycles. The van der Waals surface area contributed by atoms with Gasteiger partial charge in [0.05, 0.1) is 48.9 Å². The number of rotatable bonds is 7. The van der Waals surface area contributed by atoms with Gasteiger partial charge in [0.25, 0.3) is 0 Å². The van der Waals surface area contributed by atoms with Gasteiger partial charge in [0.15, 0.2) is 0 Å². The Balaban J connectivity index is 1.18. The summed E-state index contributed by atoms with van der Waals surface area (Å²) in [6, 6.07) is 15.9. The van der Waals surface area contributed by atoms with E-state index in [0.717, 1.165) is 26.1 Å². The van der Waals surface area contributed by atoms with Crippen molar-refractivity contribution >= 4 is 27.5 Å². The van der Waals surface area contributed by atoms with Gasteiger partial charge in [-0.2, -0.15) is 4.31 Å². The van der Waals surface area contributed by atoms with E-state index in [0.29, 0.717) is 17.9 Å². The van der Waals surface area contributed by atoms with Crippen molar-refractivity contribution in [1.29, 1.82) is 0 Å². The van der Waals surface area contributed by atoms with Crippen LogP contribution in [0.1, 0.15) is 31.2 Å². The van der Waals surface area contributed by atoms with Gasteiger partial charge in [-0.3, -0.25) is 9.69 Å². The van der Waals surface area contributed by atoms with Crippen LogP contribution in [0.15, 0.2) is 59.5 Å². The van der Waals surface area contributed by atoms with Crippen molar-refractivity contribution in [1.82, 2.24) is 14.5 Å². The van der Waals surface area contributed by atoms with Crippen molar-refractivity contribution in [2.45, 2.75) is 67.5 Å². The number of aliphatic hydroxyl groups excluding tert-OH is 1. The number of β-amino-alcohol motifs (C(OH)–C–C–N with tert-alkyl or cyclic N) is 1. The van der Waals surface area contributed by atoms with E-state index < -0.39 is 28.3 Å². The number of aliphatic hydroxyl groups is 1. The Morgan fingerprint density at radius 3 is 2.56 bits per heavy atom. The average Bonchev–Trinajstić information content (AvgIpc) is 3.33. The molecule has 9 nitrogen and oxygen atoms in total. The second-order valence-electron chi connectivity index (χ2n) is 10.6. The molecule has 0 spiro atoms. The largest absolute Gasteiger partial charge is 0.389 e. The molecule has 2 aromatic carbocycles. The molecule has 3 heterocycles. The summed E-state index contributed by atoms with van der Waals surface area (Å²) in [6.45, 7) is 2.66. The first-order chi connectivity index (χ1) is 18.8. The second-order valence-corrected chi connectivity index (χ2v) is 13.0. The van der Waals surface area contributed by atoms with Crippen LogP contribution in [0.3, 0.4) is 0 Å². The number of fused-ring (bicyclic) bond motifs is 1. The molecule has 3 aliphatic rings. The topological polar surface area (TPSA) is 108 Å². The van der Waals surface area contributed by atoms with E-state index in [4.69, 9.17) is 21.1 Å². The summed E-state index contributed by atoms with van der Waals surface area (Å²) in [5.41, 5.74) is 1.26. The molecule has 39 heavy (non-hydrogen) atoms. The van der Waals surface area contributed by atoms with Gasteiger partial charge in [-0.15, -0.1) is 0 Å². The number of carbonyl (C=O) groups excluding carboxylic acids is 1. The summed E-state index contributed by atoms with van der Waals surface area (Å²) in [5, 5.41) is 14.0. The SMILES string of the molecule is O=C(C[C@@H]1CC[C@@H]2[C@H](COC[C@H](O)CN2S(=O)(=O)c2ccc(Cl)cc2)O1)N[C@H]1CCN(Cc2ccccc2)C1. The number of hydrogen-bond donors (Lipinski definition) is 2. The third-order valence-corrected chi connectivity index (χ3v) is 9.81. The molecule has 11 heteroatoms. The summed E-state index contributed by atoms with van der Waals surface area (Å²) in [4.78, 5) is 15.4. The normalized spacial score (nSPS) is 28.8. The van der Waals surface area contributed by atoms with Crippen molar-refractivity contribution in [2.24, 2.45) is 0 Å². The second kappa shape index (κ2) is 12.6. The molecule has 3 fully saturated rings. The van der Waals surface area contributed by atoms with Gasteiger partial charge in [-0.1, -0.05) is 41.9 Å². The van der Waals surface area contributed by atoms with Crippen molar-refractivity contribution in [3.8, 4) is 0 Å². The maximum absolute atomic E-state index is 13.6. The number of sulfonamides is 1. The van der Waals surface area contributed by atoms with E-state index >= 15 is 0 Å². The van der Waals surface area contributed by atoms with Gasteiger partial charge in [0, 0.05) is 37.2 Å². The minimum absolute atomic E-state index is 0.00549. The molecule has 5 atom stereocenters. The van der Waals surface area contributed by atoms with Crippen LogP contribution in [0.2, 0.25) is 5.02 Å². The third-order valence-electron chi connectivity index (χ3n) is 7.65. The molecular weight excluding hydrogens is 542 g/mol. The summed E-state index contributed by atoms with van der Waals surface area (Å²) in [6.07, 6.45) is 0.319. The fraction of sp³-hybridized carbons (Fsp3) is 0.536. The average molecular weight is 578 g/mol. The van der Waals surface area contributed by atoms with Crippen LogP contribution < -0.4 is 5.32 Å². The lowest BCUT2D eigenvalue weighted by molar-refractivity contribution is -0.146. The van der Waals surface area contributed by atoms with E-state index in [2.05, 4.69) is 22.3 Å². The Kier molecular flexibility index (Phi) is 9.23. The fourth-order valence-corrected chi connectivity index (χ4v) is 7.58. The lowest BCUT2D eigenvalue weighted by Gasteiger charge is -2.43. The molecule has 212 valence electrons. The predicted molar refractivity (Wildman–Crippen MR) is 147 cm³/mol. The molecule has 2 aromatic rings. The highest BCUT2D eigenvalue weighted by molar-refractivity contribution is 7.89. The first kappa shape index (κ1) is 28.5. The highest BCUT2D eigenvalue weighted by Crippen LogP contribution is 2.32. The van der Waals surface area contributed by atoms with Crippen molar-refractivity contribution in [2.75, 3.05) is 32.8 Å². The van der Waals surface area contributed by atoms with Gasteiger partial charge in [0.1, 0.15) is 0 Å². The molecule has 1 amide bonds. The number of ether oxygens (including phenoxy) is 2. The zero-order valence-corrected chi connectivity index (χ0v) is 23.4. The first-order valence-electron chi connectivity index (χ1n) is 13.5. The van der Waals surface area contributed by atoms with Crippen LogP contribution >= 0.6 is 11.6 Å². The first-order valence-corrected chi connectivity index (χ1v) is 15.3. The highest BCUT2D eigenvalue weighted by Gasteiger charge is 2.43. The molecule has 0 bridgehead atoms. The molecular formula is C28H36ClN3O6S. The predicted octanol–water partition coefficient (Wildman–Crippen LogP) is 2.42. The molecule has 0 aromatic heterocycles. The number of nitrogens with zero attached hydrogens (tertiary/aromatic N) is 2. The van der Waals surface area contributed by atoms with Crippen LogP contribution in [0, 0.1) is 0 Å². The summed E-state index contributed by atoms with van der Waals surface area (Å²) >= 11 is 5.96. The van der Waals surface area contributed by atoms with Gasteiger partial charge >= 0.3 is 0 Å². The number of carbonyl (C=O) groups is 1. The van der Waals surface area contributed by atoms with Crippen LogP contribution in [0.5, 0.6) is 0 Å². The fourth-order valence-electron chi connectivity index (χ4n) is 5.74. The number of likely N-dealkylation sites (tertiary alicyclic amines) is 1. The molecule has 3 saturated heterocycles. The Labute approximate surface area is 235 Å². The van der Waals surface area contributed by atoms with Crippen LogP contribution in [-0.4, -0.2) is 91.9 Å². The van der Waals surface area contributed by atoms with Crippen molar-refractivity contribution in [3.05, 3.63) is 65.2 Å². The molecule has 0 aliphatic carbocycles. The number of benzene rings is 2. The van der Waals surface area contributed by atoms with Gasteiger partial charge in [0.2, 0.25) is 15.9 Å². The lowest BCUT2D eigenvalue weighted by atomic mass is 9.96. The Morgan fingerprint density at radius 2 is 1.79 bits per heavy atom. The number of halogens is 1. The Bertz CT molecular complexity index is 1220. The standard InChI is InChI=1S/C28H36ClN3O6S/c29-21-6-9-25(10-7-21)39(35,36)32-17-23(33)18-37-19-27-26(32)11-8-24(38-27)14-28(34)30-22-12-13-31(16-22)15-20-4-2-1-3-5-20/h1-7,9-10,22-24,26-27,33H,8,11-19H2,(H,30,34)/t22-,23+,24-,26+,27-/m0/s1. The minimum atomic E-state index is -3.91. The Hall–Kier alpha value is -2.05. The van der Waals surface area contributed by atoms with Gasteiger partial charge in [-0.25, -0.2) is 8.42 Å². The van der Waals surface area contributed by atoms with E-state index in [1.165, 1.54) is 34.1 Å². The molecule has 2 N–H and O–H groups in total. The Morgan fingerprint density at radius 1 is 1.03 bits per heavy atom. The number of hydrogen-bond acceptors (Lipinski definition) is 7. The highest BCUT2D eigenvalue weighted by atomic mass is 35.5. The van der Waals surface area contributed by atoms with Crippen LogP contribution in [-0.2, 0) is 30.8 Å². The maximum atomic E-state index is 13.6. The number of nitrogens with one attached hydrogen (secondary N) is 1. The van der Waals surface area contributed by atoms with Gasteiger partial charge in [-0.05, 0) is 49.1 Å². The van der Waals surface area contributed by atoms with Crippen LogP contribution in [0.4, 0.5) is 0 Å².